The van der Waals surface area contributed by atoms with E-state index in [1.165, 1.54) is 19.3 Å². The molecule has 1 aliphatic rings. The zero-order chi connectivity index (χ0) is 12.0. The standard InChI is InChI=1S/C5H7N3O3.C5H8/c1-2-8-4(10)6-3(9)7-5(8)11;1-2-4-5-3-1/h2H2,1H3,(H2,6,7,9,10,11);1-2H,3-5H2. The molecule has 0 saturated carbocycles. The molecule has 0 unspecified atom stereocenters. The van der Waals surface area contributed by atoms with Crippen LogP contribution in [0, 0.1) is 0 Å². The van der Waals surface area contributed by atoms with Crippen molar-refractivity contribution in [2.45, 2.75) is 32.7 Å². The summed E-state index contributed by atoms with van der Waals surface area (Å²) in [5, 5.41) is 0. The van der Waals surface area contributed by atoms with Gasteiger partial charge < -0.3 is 0 Å². The minimum atomic E-state index is -0.773. The maximum atomic E-state index is 10.8. The molecule has 0 fully saturated rings. The van der Waals surface area contributed by atoms with Gasteiger partial charge in [0.15, 0.2) is 0 Å². The molecule has 0 amide bonds. The van der Waals surface area contributed by atoms with Crippen molar-refractivity contribution in [1.82, 2.24) is 14.5 Å². The first-order chi connectivity index (χ1) is 7.65. The predicted molar refractivity (Wildman–Crippen MR) is 60.6 cm³/mol. The van der Waals surface area contributed by atoms with Crippen LogP contribution in [-0.4, -0.2) is 14.5 Å². The van der Waals surface area contributed by atoms with Crippen LogP contribution in [0.5, 0.6) is 0 Å². The smallest absolute Gasteiger partial charge is 0.259 e. The molecule has 1 aliphatic carbocycles. The summed E-state index contributed by atoms with van der Waals surface area (Å²) >= 11 is 0. The fraction of sp³-hybridized carbons (Fsp3) is 0.500. The van der Waals surface area contributed by atoms with Crippen LogP contribution >= 0.6 is 0 Å². The van der Waals surface area contributed by atoms with Crippen molar-refractivity contribution in [2.75, 3.05) is 0 Å². The van der Waals surface area contributed by atoms with Gasteiger partial charge in [0.25, 0.3) is 0 Å². The highest BCUT2D eigenvalue weighted by molar-refractivity contribution is 4.88. The molecule has 2 rings (SSSR count). The van der Waals surface area contributed by atoms with E-state index < -0.39 is 17.1 Å². The van der Waals surface area contributed by atoms with Gasteiger partial charge in [-0.3, -0.25) is 9.97 Å². The highest BCUT2D eigenvalue weighted by Gasteiger charge is 1.97. The van der Waals surface area contributed by atoms with Gasteiger partial charge >= 0.3 is 17.1 Å². The van der Waals surface area contributed by atoms with E-state index in [0.717, 1.165) is 4.57 Å². The number of allylic oxidation sites excluding steroid dienone is 2. The molecule has 0 aromatic carbocycles. The molecular formula is C10H15N3O3. The van der Waals surface area contributed by atoms with E-state index in [-0.39, 0.29) is 6.54 Å². The summed E-state index contributed by atoms with van der Waals surface area (Å²) in [6.07, 6.45) is 8.50. The Labute approximate surface area is 91.6 Å². The molecule has 0 aliphatic heterocycles. The molecule has 1 heterocycles. The van der Waals surface area contributed by atoms with E-state index in [2.05, 4.69) is 12.2 Å². The van der Waals surface area contributed by atoms with Gasteiger partial charge in [-0.1, -0.05) is 12.2 Å². The van der Waals surface area contributed by atoms with Gasteiger partial charge in [-0.25, -0.2) is 19.0 Å². The Morgan fingerprint density at radius 1 is 1.12 bits per heavy atom. The van der Waals surface area contributed by atoms with Gasteiger partial charge in [-0.2, -0.15) is 0 Å². The molecule has 16 heavy (non-hydrogen) atoms. The van der Waals surface area contributed by atoms with Crippen LogP contribution in [-0.2, 0) is 6.54 Å². The number of nitrogens with zero attached hydrogens (tertiary/aromatic N) is 1. The summed E-state index contributed by atoms with van der Waals surface area (Å²) in [5.74, 6) is 0. The van der Waals surface area contributed by atoms with Crippen molar-refractivity contribution in [1.29, 1.82) is 0 Å². The third-order valence-corrected chi connectivity index (χ3v) is 2.16. The summed E-state index contributed by atoms with van der Waals surface area (Å²) in [4.78, 5) is 35.9. The third-order valence-electron chi connectivity index (χ3n) is 2.16. The number of aromatic amines is 2. The molecule has 0 saturated heterocycles. The van der Waals surface area contributed by atoms with Crippen LogP contribution in [0.1, 0.15) is 26.2 Å². The molecule has 0 bridgehead atoms. The Bertz CT molecular complexity index is 481. The highest BCUT2D eigenvalue weighted by Crippen LogP contribution is 2.05. The number of H-pyrrole nitrogens is 2. The van der Waals surface area contributed by atoms with E-state index in [9.17, 15) is 14.4 Å². The molecule has 1 aromatic rings. The summed E-state index contributed by atoms with van der Waals surface area (Å²) in [7, 11) is 0. The number of hydrogen-bond donors (Lipinski definition) is 2. The van der Waals surface area contributed by atoms with Crippen LogP contribution in [0.25, 0.3) is 0 Å². The third kappa shape index (κ3) is 3.38. The lowest BCUT2D eigenvalue weighted by molar-refractivity contribution is 0.632. The topological polar surface area (TPSA) is 87.7 Å². The summed E-state index contributed by atoms with van der Waals surface area (Å²) in [5.41, 5.74) is -2.13. The Hall–Kier alpha value is -1.85. The fourth-order valence-electron chi connectivity index (χ4n) is 1.33. The van der Waals surface area contributed by atoms with Gasteiger partial charge in [-0.05, 0) is 26.2 Å². The molecule has 0 spiro atoms. The quantitative estimate of drug-likeness (QED) is 0.658. The van der Waals surface area contributed by atoms with E-state index in [1.54, 1.807) is 6.92 Å². The highest BCUT2D eigenvalue weighted by atomic mass is 16.2. The predicted octanol–water partition coefficient (Wildman–Crippen LogP) is -0.0287. The van der Waals surface area contributed by atoms with Crippen molar-refractivity contribution >= 4 is 0 Å². The van der Waals surface area contributed by atoms with Crippen molar-refractivity contribution in [2.24, 2.45) is 0 Å². The Morgan fingerprint density at radius 2 is 1.62 bits per heavy atom. The van der Waals surface area contributed by atoms with Gasteiger partial charge in [0.05, 0.1) is 0 Å². The van der Waals surface area contributed by atoms with Crippen molar-refractivity contribution in [3.63, 3.8) is 0 Å². The molecule has 6 nitrogen and oxygen atoms in total. The molecular weight excluding hydrogens is 210 g/mol. The first kappa shape index (κ1) is 12.2. The average molecular weight is 225 g/mol. The second-order valence-corrected chi connectivity index (χ2v) is 3.34. The van der Waals surface area contributed by atoms with Crippen LogP contribution in [0.3, 0.4) is 0 Å². The van der Waals surface area contributed by atoms with Crippen molar-refractivity contribution < 1.29 is 0 Å². The zero-order valence-corrected chi connectivity index (χ0v) is 9.16. The first-order valence-corrected chi connectivity index (χ1v) is 5.23. The van der Waals surface area contributed by atoms with Crippen LogP contribution in [0.4, 0.5) is 0 Å². The Morgan fingerprint density at radius 3 is 1.94 bits per heavy atom. The zero-order valence-electron chi connectivity index (χ0n) is 9.16. The molecule has 6 heteroatoms. The SMILES string of the molecule is C1=CCCC1.CCn1c(=O)[nH]c(=O)[nH]c1=O. The molecule has 88 valence electrons. The van der Waals surface area contributed by atoms with Gasteiger partial charge in [-0.15, -0.1) is 0 Å². The maximum Gasteiger partial charge on any atom is 0.333 e. The maximum absolute atomic E-state index is 10.8. The number of aromatic nitrogens is 3. The molecule has 1 aromatic heterocycles. The van der Waals surface area contributed by atoms with Gasteiger partial charge in [0.2, 0.25) is 0 Å². The first-order valence-electron chi connectivity index (χ1n) is 5.23. The van der Waals surface area contributed by atoms with Gasteiger partial charge in [0.1, 0.15) is 0 Å². The minimum absolute atomic E-state index is 0.241. The summed E-state index contributed by atoms with van der Waals surface area (Å²) < 4.78 is 0.890. The summed E-state index contributed by atoms with van der Waals surface area (Å²) in [6, 6.07) is 0. The second-order valence-electron chi connectivity index (χ2n) is 3.34. The number of hydrogen-bond acceptors (Lipinski definition) is 3. The lowest BCUT2D eigenvalue weighted by Gasteiger charge is -1.94. The van der Waals surface area contributed by atoms with Crippen molar-refractivity contribution in [3.05, 3.63) is 43.6 Å². The molecule has 0 atom stereocenters. The van der Waals surface area contributed by atoms with E-state index in [4.69, 9.17) is 0 Å². The monoisotopic (exact) mass is 225 g/mol. The lowest BCUT2D eigenvalue weighted by Crippen LogP contribution is -2.42. The van der Waals surface area contributed by atoms with E-state index in [1.807, 2.05) is 9.97 Å². The van der Waals surface area contributed by atoms with E-state index in [0.29, 0.717) is 0 Å². The molecule has 0 radical (unpaired) electrons. The second kappa shape index (κ2) is 5.89. The van der Waals surface area contributed by atoms with E-state index >= 15 is 0 Å². The fourth-order valence-corrected chi connectivity index (χ4v) is 1.33. The number of rotatable bonds is 1. The molecule has 2 N–H and O–H groups in total. The minimum Gasteiger partial charge on any atom is -0.259 e. The van der Waals surface area contributed by atoms with Crippen molar-refractivity contribution in [3.8, 4) is 0 Å². The summed E-state index contributed by atoms with van der Waals surface area (Å²) in [6.45, 7) is 1.87. The van der Waals surface area contributed by atoms with Gasteiger partial charge in [0, 0.05) is 6.54 Å². The van der Waals surface area contributed by atoms with Crippen LogP contribution in [0.15, 0.2) is 26.5 Å². The largest absolute Gasteiger partial charge is 0.333 e. The van der Waals surface area contributed by atoms with Crippen LogP contribution < -0.4 is 17.1 Å². The van der Waals surface area contributed by atoms with Crippen LogP contribution in [0.2, 0.25) is 0 Å². The Kier molecular flexibility index (Phi) is 4.50. The normalized spacial score (nSPS) is 13.3. The average Bonchev–Trinajstić information content (AvgIpc) is 2.74. The number of nitrogens with one attached hydrogen (secondary N) is 2. The Balaban J connectivity index is 0.000000212. The lowest BCUT2D eigenvalue weighted by atomic mass is 10.4.